The second-order valence-electron chi connectivity index (χ2n) is 6.75. The molecule has 4 rings (SSSR count). The maximum absolute atomic E-state index is 12.9. The summed E-state index contributed by atoms with van der Waals surface area (Å²) in [5.74, 6) is 0.679. The summed E-state index contributed by atoms with van der Waals surface area (Å²) in [4.78, 5) is 23.6. The van der Waals surface area contributed by atoms with E-state index in [1.807, 2.05) is 37.3 Å². The summed E-state index contributed by atoms with van der Waals surface area (Å²) in [7, 11) is 0. The van der Waals surface area contributed by atoms with Gasteiger partial charge in [-0.05, 0) is 61.2 Å². The number of carboxylic acids is 1. The van der Waals surface area contributed by atoms with Gasteiger partial charge in [-0.1, -0.05) is 12.1 Å². The quantitative estimate of drug-likeness (QED) is 0.678. The van der Waals surface area contributed by atoms with Crippen LogP contribution in [0, 0.1) is 0 Å². The van der Waals surface area contributed by atoms with Gasteiger partial charge in [-0.2, -0.15) is 0 Å². The van der Waals surface area contributed by atoms with Crippen molar-refractivity contribution in [2.24, 2.45) is 0 Å². The Balaban J connectivity index is 1.71. The maximum Gasteiger partial charge on any atom is 0.341 e. The molecule has 6 heteroatoms. The third-order valence-electron chi connectivity index (χ3n) is 4.79. The standard InChI is InChI=1S/C23H20O6/c1-2-27-16-6-3-14(4-7-16)11-15-5-9-19-22(26)18-10-8-17(28-13-21(24)25)12-20(18)29-23(15)19/h3-4,6-8,10-12H,2,5,9,13H2,1H3,(H,24,25). The van der Waals surface area contributed by atoms with Crippen molar-refractivity contribution in [1.29, 1.82) is 0 Å². The van der Waals surface area contributed by atoms with Crippen molar-refractivity contribution in [3.8, 4) is 11.5 Å². The van der Waals surface area contributed by atoms with Crippen molar-refractivity contribution in [3.63, 3.8) is 0 Å². The Labute approximate surface area is 167 Å². The minimum absolute atomic E-state index is 0.0545. The van der Waals surface area contributed by atoms with Crippen LogP contribution >= 0.6 is 0 Å². The average molecular weight is 392 g/mol. The minimum atomic E-state index is -1.07. The van der Waals surface area contributed by atoms with E-state index >= 15 is 0 Å². The van der Waals surface area contributed by atoms with Crippen molar-refractivity contribution >= 4 is 28.6 Å². The molecule has 0 aliphatic heterocycles. The fourth-order valence-corrected chi connectivity index (χ4v) is 3.47. The molecule has 148 valence electrons. The Kier molecular flexibility index (Phi) is 5.08. The zero-order chi connectivity index (χ0) is 20.4. The first-order chi connectivity index (χ1) is 14.0. The molecule has 0 bridgehead atoms. The van der Waals surface area contributed by atoms with Crippen LogP contribution in [-0.2, 0) is 11.2 Å². The molecule has 1 N–H and O–H groups in total. The highest BCUT2D eigenvalue weighted by molar-refractivity contribution is 5.87. The number of hydrogen-bond acceptors (Lipinski definition) is 5. The van der Waals surface area contributed by atoms with Crippen molar-refractivity contribution in [2.75, 3.05) is 13.2 Å². The summed E-state index contributed by atoms with van der Waals surface area (Å²) in [5, 5.41) is 9.23. The van der Waals surface area contributed by atoms with Crippen LogP contribution in [0.25, 0.3) is 22.6 Å². The fourth-order valence-electron chi connectivity index (χ4n) is 3.47. The molecule has 3 aromatic rings. The van der Waals surface area contributed by atoms with Gasteiger partial charge in [0.1, 0.15) is 22.8 Å². The fraction of sp³-hybridized carbons (Fsp3) is 0.217. The summed E-state index contributed by atoms with van der Waals surface area (Å²) in [6, 6.07) is 12.5. The van der Waals surface area contributed by atoms with Gasteiger partial charge in [-0.15, -0.1) is 0 Å². The Morgan fingerprint density at radius 3 is 2.59 bits per heavy atom. The monoisotopic (exact) mass is 392 g/mol. The molecule has 0 amide bonds. The third kappa shape index (κ3) is 3.87. The van der Waals surface area contributed by atoms with Crippen molar-refractivity contribution < 1.29 is 23.8 Å². The largest absolute Gasteiger partial charge is 0.494 e. The Morgan fingerprint density at radius 1 is 1.10 bits per heavy atom. The first-order valence-corrected chi connectivity index (χ1v) is 9.43. The number of hydrogen-bond donors (Lipinski definition) is 1. The predicted octanol–water partition coefficient (Wildman–Crippen LogP) is 4.14. The van der Waals surface area contributed by atoms with E-state index in [2.05, 4.69) is 0 Å². The molecule has 0 saturated carbocycles. The second-order valence-corrected chi connectivity index (χ2v) is 6.75. The van der Waals surface area contributed by atoms with Crippen LogP contribution in [0.2, 0.25) is 0 Å². The van der Waals surface area contributed by atoms with Crippen LogP contribution in [0.3, 0.4) is 0 Å². The smallest absolute Gasteiger partial charge is 0.341 e. The number of carbonyl (C=O) groups is 1. The zero-order valence-electron chi connectivity index (χ0n) is 15.9. The van der Waals surface area contributed by atoms with E-state index in [9.17, 15) is 9.59 Å². The first kappa shape index (κ1) is 18.8. The van der Waals surface area contributed by atoms with Gasteiger partial charge < -0.3 is 19.0 Å². The predicted molar refractivity (Wildman–Crippen MR) is 109 cm³/mol. The van der Waals surface area contributed by atoms with Gasteiger partial charge in [-0.25, -0.2) is 4.79 Å². The summed E-state index contributed by atoms with van der Waals surface area (Å²) in [6.07, 6.45) is 3.37. The van der Waals surface area contributed by atoms with Crippen molar-refractivity contribution in [3.05, 3.63) is 69.6 Å². The number of aliphatic carboxylic acids is 1. The highest BCUT2D eigenvalue weighted by Gasteiger charge is 2.24. The van der Waals surface area contributed by atoms with Gasteiger partial charge in [-0.3, -0.25) is 4.79 Å². The highest BCUT2D eigenvalue weighted by atomic mass is 16.5. The van der Waals surface area contributed by atoms with E-state index < -0.39 is 12.6 Å². The van der Waals surface area contributed by atoms with Gasteiger partial charge in [0, 0.05) is 11.6 Å². The van der Waals surface area contributed by atoms with Crippen LogP contribution in [0.15, 0.2) is 51.7 Å². The topological polar surface area (TPSA) is 86.0 Å². The summed E-state index contributed by atoms with van der Waals surface area (Å²) >= 11 is 0. The van der Waals surface area contributed by atoms with Crippen LogP contribution < -0.4 is 14.9 Å². The van der Waals surface area contributed by atoms with E-state index in [0.717, 1.165) is 23.3 Å². The van der Waals surface area contributed by atoms with E-state index in [-0.39, 0.29) is 5.43 Å². The zero-order valence-corrected chi connectivity index (χ0v) is 15.9. The van der Waals surface area contributed by atoms with Gasteiger partial charge in [0.25, 0.3) is 0 Å². The number of benzene rings is 2. The van der Waals surface area contributed by atoms with Crippen LogP contribution in [-0.4, -0.2) is 24.3 Å². The molecule has 1 aromatic heterocycles. The van der Waals surface area contributed by atoms with Gasteiger partial charge in [0.15, 0.2) is 12.0 Å². The molecule has 1 aliphatic rings. The molecule has 6 nitrogen and oxygen atoms in total. The molecule has 0 fully saturated rings. The normalized spacial score (nSPS) is 14.2. The number of carboxylic acid groups (broad SMARTS) is 1. The number of fused-ring (bicyclic) bond motifs is 2. The van der Waals surface area contributed by atoms with Gasteiger partial charge >= 0.3 is 5.97 Å². The van der Waals surface area contributed by atoms with Crippen LogP contribution in [0.4, 0.5) is 0 Å². The number of rotatable bonds is 6. The lowest BCUT2D eigenvalue weighted by atomic mass is 10.1. The van der Waals surface area contributed by atoms with E-state index in [1.165, 1.54) is 0 Å². The minimum Gasteiger partial charge on any atom is -0.494 e. The van der Waals surface area contributed by atoms with Crippen LogP contribution in [0.5, 0.6) is 11.5 Å². The van der Waals surface area contributed by atoms with Crippen molar-refractivity contribution in [2.45, 2.75) is 19.8 Å². The summed E-state index contributed by atoms with van der Waals surface area (Å²) in [6.45, 7) is 2.10. The van der Waals surface area contributed by atoms with E-state index in [0.29, 0.717) is 41.1 Å². The molecule has 0 radical (unpaired) electrons. The maximum atomic E-state index is 12.9. The molecule has 0 atom stereocenters. The van der Waals surface area contributed by atoms with E-state index in [1.54, 1.807) is 18.2 Å². The van der Waals surface area contributed by atoms with Gasteiger partial charge in [0.05, 0.1) is 12.0 Å². The Hall–Kier alpha value is -3.54. The van der Waals surface area contributed by atoms with Crippen LogP contribution in [0.1, 0.15) is 30.2 Å². The average Bonchev–Trinajstić information content (AvgIpc) is 3.11. The molecule has 0 spiro atoms. The SMILES string of the molecule is CCOc1ccc(C=C2CCc3c2oc2cc(OCC(=O)O)ccc2c3=O)cc1. The highest BCUT2D eigenvalue weighted by Crippen LogP contribution is 2.35. The Bertz CT molecular complexity index is 1150. The lowest BCUT2D eigenvalue weighted by molar-refractivity contribution is -0.139. The first-order valence-electron chi connectivity index (χ1n) is 9.43. The lowest BCUT2D eigenvalue weighted by Gasteiger charge is -2.07. The van der Waals surface area contributed by atoms with E-state index in [4.69, 9.17) is 19.0 Å². The third-order valence-corrected chi connectivity index (χ3v) is 4.79. The molecule has 29 heavy (non-hydrogen) atoms. The molecule has 1 heterocycles. The molecule has 0 saturated heterocycles. The van der Waals surface area contributed by atoms with Crippen molar-refractivity contribution in [1.82, 2.24) is 0 Å². The lowest BCUT2D eigenvalue weighted by Crippen LogP contribution is -2.10. The molecular weight excluding hydrogens is 372 g/mol. The summed E-state index contributed by atoms with van der Waals surface area (Å²) < 4.78 is 16.7. The second kappa shape index (κ2) is 7.83. The molecule has 2 aromatic carbocycles. The molecule has 0 unspecified atom stereocenters. The Morgan fingerprint density at radius 2 is 1.86 bits per heavy atom. The molecule has 1 aliphatic carbocycles. The van der Waals surface area contributed by atoms with Gasteiger partial charge in [0.2, 0.25) is 0 Å². The number of allylic oxidation sites excluding steroid dienone is 1. The number of ether oxygens (including phenoxy) is 2. The summed E-state index contributed by atoms with van der Waals surface area (Å²) in [5.41, 5.74) is 2.96. The molecular formula is C23H20O6.